The van der Waals surface area contributed by atoms with E-state index in [4.69, 9.17) is 11.6 Å². The van der Waals surface area contributed by atoms with Crippen LogP contribution in [0.1, 0.15) is 42.4 Å². The molecule has 2 aromatic rings. The van der Waals surface area contributed by atoms with Crippen molar-refractivity contribution in [3.05, 3.63) is 52.8 Å². The Balaban J connectivity index is 2.24. The summed E-state index contributed by atoms with van der Waals surface area (Å²) in [5.74, 6) is 0.172. The lowest BCUT2D eigenvalue weighted by Crippen LogP contribution is -2.30. The zero-order chi connectivity index (χ0) is 16.8. The molecule has 0 saturated heterocycles. The molecule has 1 unspecified atom stereocenters. The number of hydrogen-bond donors (Lipinski definition) is 1. The van der Waals surface area contributed by atoms with Crippen LogP contribution < -0.4 is 5.32 Å². The molecule has 1 N–H and O–H groups in total. The maximum Gasteiger partial charge on any atom is 0.272 e. The summed E-state index contributed by atoms with van der Waals surface area (Å²) >= 11 is 7.46. The number of nitrogens with one attached hydrogen (secondary N) is 1. The fourth-order valence-corrected chi connectivity index (χ4v) is 2.79. The summed E-state index contributed by atoms with van der Waals surface area (Å²) < 4.78 is 0. The van der Waals surface area contributed by atoms with E-state index in [9.17, 15) is 4.79 Å². The van der Waals surface area contributed by atoms with Gasteiger partial charge in [0.2, 0.25) is 0 Å². The molecule has 0 radical (unpaired) electrons. The van der Waals surface area contributed by atoms with Gasteiger partial charge in [-0.15, -0.1) is 0 Å². The molecular formula is C17H20ClN3OS. The normalized spacial score (nSPS) is 12.2. The Kier molecular flexibility index (Phi) is 6.42. The SMILES string of the molecule is CSc1ncc(Cl)c(C(=O)NC(CC(C)C)c2ccccc2)n1. The van der Waals surface area contributed by atoms with Crippen molar-refractivity contribution in [2.24, 2.45) is 5.92 Å². The molecule has 0 aliphatic rings. The topological polar surface area (TPSA) is 54.9 Å². The lowest BCUT2D eigenvalue weighted by atomic mass is 9.97. The molecule has 2 rings (SSSR count). The van der Waals surface area contributed by atoms with Crippen LogP contribution in [0.25, 0.3) is 0 Å². The van der Waals surface area contributed by atoms with Crippen molar-refractivity contribution in [3.63, 3.8) is 0 Å². The number of carbonyl (C=O) groups is 1. The number of carbonyl (C=O) groups excluding carboxylic acids is 1. The zero-order valence-electron chi connectivity index (χ0n) is 13.4. The van der Waals surface area contributed by atoms with Gasteiger partial charge in [0.05, 0.1) is 17.3 Å². The van der Waals surface area contributed by atoms with Gasteiger partial charge >= 0.3 is 0 Å². The average molecular weight is 350 g/mol. The summed E-state index contributed by atoms with van der Waals surface area (Å²) in [6.07, 6.45) is 4.17. The van der Waals surface area contributed by atoms with E-state index in [0.29, 0.717) is 11.1 Å². The summed E-state index contributed by atoms with van der Waals surface area (Å²) in [5, 5.41) is 3.84. The fourth-order valence-electron chi connectivity index (χ4n) is 2.27. The van der Waals surface area contributed by atoms with Gasteiger partial charge in [-0.1, -0.05) is 67.5 Å². The Morgan fingerprint density at radius 3 is 2.61 bits per heavy atom. The summed E-state index contributed by atoms with van der Waals surface area (Å²) in [6.45, 7) is 4.26. The number of amides is 1. The quantitative estimate of drug-likeness (QED) is 0.621. The molecule has 1 aromatic carbocycles. The summed E-state index contributed by atoms with van der Waals surface area (Å²) in [5.41, 5.74) is 1.29. The Morgan fingerprint density at radius 1 is 1.30 bits per heavy atom. The smallest absolute Gasteiger partial charge is 0.272 e. The first-order valence-electron chi connectivity index (χ1n) is 7.43. The molecule has 23 heavy (non-hydrogen) atoms. The third-order valence-electron chi connectivity index (χ3n) is 3.33. The van der Waals surface area contributed by atoms with Crippen LogP contribution >= 0.6 is 23.4 Å². The maximum absolute atomic E-state index is 12.6. The second kappa shape index (κ2) is 8.31. The number of benzene rings is 1. The van der Waals surface area contributed by atoms with Gasteiger partial charge in [0, 0.05) is 0 Å². The monoisotopic (exact) mass is 349 g/mol. The molecule has 0 aliphatic heterocycles. The van der Waals surface area contributed by atoms with E-state index >= 15 is 0 Å². The fraction of sp³-hybridized carbons (Fsp3) is 0.353. The molecule has 0 aliphatic carbocycles. The van der Waals surface area contributed by atoms with Gasteiger partial charge in [-0.3, -0.25) is 4.79 Å². The Bertz CT molecular complexity index is 664. The molecular weight excluding hydrogens is 330 g/mol. The second-order valence-electron chi connectivity index (χ2n) is 5.62. The molecule has 0 bridgehead atoms. The van der Waals surface area contributed by atoms with Crippen LogP contribution in [0, 0.1) is 5.92 Å². The second-order valence-corrected chi connectivity index (χ2v) is 6.80. The minimum atomic E-state index is -0.276. The highest BCUT2D eigenvalue weighted by Gasteiger charge is 2.20. The van der Waals surface area contributed by atoms with Crippen molar-refractivity contribution in [1.82, 2.24) is 15.3 Å². The minimum absolute atomic E-state index is 0.0764. The summed E-state index contributed by atoms with van der Waals surface area (Å²) in [6, 6.07) is 9.86. The molecule has 1 atom stereocenters. The highest BCUT2D eigenvalue weighted by molar-refractivity contribution is 7.98. The predicted molar refractivity (Wildman–Crippen MR) is 94.9 cm³/mol. The largest absolute Gasteiger partial charge is 0.344 e. The minimum Gasteiger partial charge on any atom is -0.344 e. The summed E-state index contributed by atoms with van der Waals surface area (Å²) in [4.78, 5) is 20.9. The number of hydrogen-bond acceptors (Lipinski definition) is 4. The van der Waals surface area contributed by atoms with Crippen molar-refractivity contribution in [2.45, 2.75) is 31.5 Å². The maximum atomic E-state index is 12.6. The molecule has 0 saturated carbocycles. The van der Waals surface area contributed by atoms with Crippen molar-refractivity contribution in [3.8, 4) is 0 Å². The van der Waals surface area contributed by atoms with Crippen LogP contribution in [0.15, 0.2) is 41.7 Å². The first kappa shape index (κ1) is 17.8. The van der Waals surface area contributed by atoms with E-state index in [1.54, 1.807) is 0 Å². The number of nitrogens with zero attached hydrogens (tertiary/aromatic N) is 2. The zero-order valence-corrected chi connectivity index (χ0v) is 15.0. The standard InChI is InChI=1S/C17H20ClN3OS/c1-11(2)9-14(12-7-5-4-6-8-12)20-16(22)15-13(18)10-19-17(21-15)23-3/h4-8,10-11,14H,9H2,1-3H3,(H,20,22). The van der Waals surface area contributed by atoms with Crippen molar-refractivity contribution >= 4 is 29.3 Å². The third-order valence-corrected chi connectivity index (χ3v) is 4.17. The van der Waals surface area contributed by atoms with E-state index in [0.717, 1.165) is 12.0 Å². The lowest BCUT2D eigenvalue weighted by Gasteiger charge is -2.21. The Morgan fingerprint density at radius 2 is 2.00 bits per heavy atom. The lowest BCUT2D eigenvalue weighted by molar-refractivity contribution is 0.0926. The number of thioether (sulfide) groups is 1. The highest BCUT2D eigenvalue weighted by Crippen LogP contribution is 2.23. The Labute approximate surface area is 146 Å². The van der Waals surface area contributed by atoms with Gasteiger partial charge in [0.15, 0.2) is 10.9 Å². The van der Waals surface area contributed by atoms with Crippen LogP contribution in [-0.4, -0.2) is 22.1 Å². The van der Waals surface area contributed by atoms with Gasteiger partial charge in [-0.25, -0.2) is 9.97 Å². The summed E-state index contributed by atoms with van der Waals surface area (Å²) in [7, 11) is 0. The van der Waals surface area contributed by atoms with Gasteiger partial charge in [0.25, 0.3) is 5.91 Å². The number of halogens is 1. The van der Waals surface area contributed by atoms with E-state index in [-0.39, 0.29) is 22.7 Å². The molecule has 0 fully saturated rings. The first-order valence-corrected chi connectivity index (χ1v) is 9.04. The van der Waals surface area contributed by atoms with Crippen LogP contribution in [0.2, 0.25) is 5.02 Å². The van der Waals surface area contributed by atoms with Crippen molar-refractivity contribution in [1.29, 1.82) is 0 Å². The molecule has 4 nitrogen and oxygen atoms in total. The van der Waals surface area contributed by atoms with Gasteiger partial charge in [0.1, 0.15) is 0 Å². The van der Waals surface area contributed by atoms with E-state index in [2.05, 4.69) is 29.1 Å². The van der Waals surface area contributed by atoms with E-state index < -0.39 is 0 Å². The van der Waals surface area contributed by atoms with Crippen LogP contribution in [0.3, 0.4) is 0 Å². The molecule has 0 spiro atoms. The molecule has 122 valence electrons. The first-order chi connectivity index (χ1) is 11.0. The van der Waals surface area contributed by atoms with Crippen molar-refractivity contribution in [2.75, 3.05) is 6.26 Å². The number of rotatable bonds is 6. The van der Waals surface area contributed by atoms with Gasteiger partial charge in [-0.05, 0) is 24.2 Å². The van der Waals surface area contributed by atoms with Crippen molar-refractivity contribution < 1.29 is 4.79 Å². The van der Waals surface area contributed by atoms with E-state index in [1.165, 1.54) is 18.0 Å². The number of aromatic nitrogens is 2. The predicted octanol–water partition coefficient (Wildman–Crippen LogP) is 4.37. The molecule has 6 heteroatoms. The van der Waals surface area contributed by atoms with Gasteiger partial charge in [-0.2, -0.15) is 0 Å². The molecule has 1 heterocycles. The highest BCUT2D eigenvalue weighted by atomic mass is 35.5. The van der Waals surface area contributed by atoms with Crippen LogP contribution in [0.5, 0.6) is 0 Å². The average Bonchev–Trinajstić information content (AvgIpc) is 2.55. The Hall–Kier alpha value is -1.59. The third kappa shape index (κ3) is 4.94. The molecule has 1 amide bonds. The molecule has 1 aromatic heterocycles. The van der Waals surface area contributed by atoms with Gasteiger partial charge < -0.3 is 5.32 Å². The van der Waals surface area contributed by atoms with Crippen LogP contribution in [-0.2, 0) is 0 Å². The van der Waals surface area contributed by atoms with Crippen LogP contribution in [0.4, 0.5) is 0 Å². The van der Waals surface area contributed by atoms with E-state index in [1.807, 2.05) is 36.6 Å².